The van der Waals surface area contributed by atoms with Crippen LogP contribution in [0, 0.1) is 0 Å². The van der Waals surface area contributed by atoms with Gasteiger partial charge in [-0.3, -0.25) is 4.79 Å². The molecule has 200 valence electrons. The molecule has 2 heterocycles. The Morgan fingerprint density at radius 3 is 2.31 bits per heavy atom. The quantitative estimate of drug-likeness (QED) is 0.198. The highest BCUT2D eigenvalue weighted by Gasteiger charge is 2.16. The molecule has 0 unspecified atom stereocenters. The van der Waals surface area contributed by atoms with Crippen LogP contribution < -0.4 is 10.2 Å². The summed E-state index contributed by atoms with van der Waals surface area (Å²) in [7, 11) is 0. The number of carbonyl (C=O) groups is 1. The number of morpholine rings is 1. The first-order valence-electron chi connectivity index (χ1n) is 13.7. The van der Waals surface area contributed by atoms with Gasteiger partial charge in [0.25, 0.3) is 5.91 Å². The van der Waals surface area contributed by atoms with Crippen LogP contribution in [0.4, 0.5) is 5.13 Å². The maximum absolute atomic E-state index is 12.4. The maximum Gasteiger partial charge on any atom is 0.251 e. The predicted molar refractivity (Wildman–Crippen MR) is 147 cm³/mol. The molecular weight excluding hydrogens is 472 g/mol. The number of nitrogens with one attached hydrogen (secondary N) is 1. The number of hydrogen-bond acceptors (Lipinski definition) is 7. The van der Waals surface area contributed by atoms with Crippen molar-refractivity contribution in [3.05, 3.63) is 46.5 Å². The van der Waals surface area contributed by atoms with Gasteiger partial charge in [0.05, 0.1) is 19.8 Å². The van der Waals surface area contributed by atoms with Gasteiger partial charge in [0.1, 0.15) is 0 Å². The number of hydroxylamine groups is 2. The van der Waals surface area contributed by atoms with Gasteiger partial charge in [-0.2, -0.15) is 5.06 Å². The van der Waals surface area contributed by atoms with E-state index in [1.807, 2.05) is 30.5 Å². The highest BCUT2D eigenvalue weighted by Crippen LogP contribution is 2.24. The van der Waals surface area contributed by atoms with Crippen molar-refractivity contribution in [2.24, 2.45) is 0 Å². The first-order valence-corrected chi connectivity index (χ1v) is 14.6. The molecule has 1 saturated heterocycles. The van der Waals surface area contributed by atoms with Gasteiger partial charge < -0.3 is 20.2 Å². The second kappa shape index (κ2) is 16.7. The van der Waals surface area contributed by atoms with Crippen LogP contribution in [0.2, 0.25) is 0 Å². The molecule has 7 nitrogen and oxygen atoms in total. The summed E-state index contributed by atoms with van der Waals surface area (Å²) in [4.78, 5) is 20.2. The molecule has 2 N–H and O–H groups in total. The molecule has 0 aliphatic carbocycles. The van der Waals surface area contributed by atoms with E-state index in [0.717, 1.165) is 54.8 Å². The summed E-state index contributed by atoms with van der Waals surface area (Å²) in [5, 5.41) is 15.7. The van der Waals surface area contributed by atoms with E-state index >= 15 is 0 Å². The van der Waals surface area contributed by atoms with E-state index in [1.54, 1.807) is 11.3 Å². The summed E-state index contributed by atoms with van der Waals surface area (Å²) in [5.41, 5.74) is 1.62. The van der Waals surface area contributed by atoms with Crippen molar-refractivity contribution < 1.29 is 14.7 Å². The van der Waals surface area contributed by atoms with E-state index in [0.29, 0.717) is 18.7 Å². The van der Waals surface area contributed by atoms with Crippen molar-refractivity contribution in [1.29, 1.82) is 0 Å². The lowest BCUT2D eigenvalue weighted by Gasteiger charge is -2.26. The Balaban J connectivity index is 1.28. The Kier molecular flexibility index (Phi) is 13.2. The monoisotopic (exact) mass is 516 g/mol. The van der Waals surface area contributed by atoms with Crippen molar-refractivity contribution in [3.8, 4) is 0 Å². The van der Waals surface area contributed by atoms with Crippen LogP contribution in [-0.4, -0.2) is 54.0 Å². The number of thiazole rings is 1. The number of anilines is 1. The number of hydrogen-bond donors (Lipinski definition) is 2. The maximum atomic E-state index is 12.4. The first kappa shape index (κ1) is 28.6. The van der Waals surface area contributed by atoms with Crippen LogP contribution in [0.25, 0.3) is 0 Å². The highest BCUT2D eigenvalue weighted by molar-refractivity contribution is 7.15. The molecule has 0 radical (unpaired) electrons. The van der Waals surface area contributed by atoms with E-state index in [1.165, 1.54) is 62.9 Å². The second-order valence-corrected chi connectivity index (χ2v) is 10.8. The normalized spacial score (nSPS) is 13.9. The van der Waals surface area contributed by atoms with Crippen LogP contribution in [-0.2, 0) is 17.8 Å². The van der Waals surface area contributed by atoms with Crippen molar-refractivity contribution in [3.63, 3.8) is 0 Å². The highest BCUT2D eigenvalue weighted by atomic mass is 32.1. The van der Waals surface area contributed by atoms with Crippen LogP contribution >= 0.6 is 11.3 Å². The standard InChI is InChI=1S/C28H44N4O3S/c1-2-3-4-5-6-7-8-9-10-11-16-29-27(33)25-14-12-24(13-15-25)22-32(34)23-26-21-30-28(36-26)31-17-19-35-20-18-31/h12-15,21,34H,2-11,16-20,22-23H2,1H3,(H,29,33). The molecule has 36 heavy (non-hydrogen) atoms. The van der Waals surface area contributed by atoms with Crippen LogP contribution in [0.1, 0.15) is 91.9 Å². The van der Waals surface area contributed by atoms with Crippen molar-refractivity contribution in [2.75, 3.05) is 37.7 Å². The number of benzene rings is 1. The summed E-state index contributed by atoms with van der Waals surface area (Å²) in [6.45, 7) is 6.97. The molecule has 1 aliphatic rings. The third-order valence-corrected chi connectivity index (χ3v) is 7.60. The van der Waals surface area contributed by atoms with Crippen LogP contribution in [0.5, 0.6) is 0 Å². The van der Waals surface area contributed by atoms with Gasteiger partial charge in [-0.15, -0.1) is 11.3 Å². The smallest absolute Gasteiger partial charge is 0.251 e. The minimum atomic E-state index is -0.0290. The molecule has 0 spiro atoms. The lowest BCUT2D eigenvalue weighted by atomic mass is 10.1. The number of rotatable bonds is 17. The second-order valence-electron chi connectivity index (χ2n) is 9.67. The van der Waals surface area contributed by atoms with Crippen molar-refractivity contribution >= 4 is 22.4 Å². The van der Waals surface area contributed by atoms with E-state index in [2.05, 4.69) is 22.1 Å². The Bertz CT molecular complexity index is 868. The predicted octanol–water partition coefficient (Wildman–Crippen LogP) is 6.02. The van der Waals surface area contributed by atoms with E-state index < -0.39 is 0 Å². The summed E-state index contributed by atoms with van der Waals surface area (Å²) >= 11 is 1.61. The number of nitrogens with zero attached hydrogens (tertiary/aromatic N) is 3. The lowest BCUT2D eigenvalue weighted by molar-refractivity contribution is -0.107. The topological polar surface area (TPSA) is 77.9 Å². The van der Waals surface area contributed by atoms with Gasteiger partial charge in [-0.1, -0.05) is 76.8 Å². The van der Waals surface area contributed by atoms with Gasteiger partial charge in [0, 0.05) is 42.8 Å². The zero-order valence-corrected chi connectivity index (χ0v) is 22.7. The zero-order chi connectivity index (χ0) is 25.4. The third-order valence-electron chi connectivity index (χ3n) is 6.56. The fourth-order valence-corrected chi connectivity index (χ4v) is 5.37. The van der Waals surface area contributed by atoms with Crippen molar-refractivity contribution in [2.45, 2.75) is 84.2 Å². The van der Waals surface area contributed by atoms with Gasteiger partial charge in [-0.25, -0.2) is 4.98 Å². The van der Waals surface area contributed by atoms with Gasteiger partial charge >= 0.3 is 0 Å². The Hall–Kier alpha value is -2.00. The summed E-state index contributed by atoms with van der Waals surface area (Å²) in [6.07, 6.45) is 14.7. The zero-order valence-electron chi connectivity index (χ0n) is 21.9. The molecule has 1 aromatic carbocycles. The molecule has 1 aliphatic heterocycles. The molecule has 0 bridgehead atoms. The van der Waals surface area contributed by atoms with Gasteiger partial charge in [-0.05, 0) is 24.1 Å². The molecule has 2 aromatic rings. The minimum Gasteiger partial charge on any atom is -0.378 e. The summed E-state index contributed by atoms with van der Waals surface area (Å²) in [5.74, 6) is -0.0290. The number of amides is 1. The van der Waals surface area contributed by atoms with E-state index in [4.69, 9.17) is 4.74 Å². The first-order chi connectivity index (χ1) is 17.7. The van der Waals surface area contributed by atoms with E-state index in [-0.39, 0.29) is 5.91 Å². The minimum absolute atomic E-state index is 0.0290. The third kappa shape index (κ3) is 10.5. The fourth-order valence-electron chi connectivity index (χ4n) is 4.40. The molecule has 0 saturated carbocycles. The summed E-state index contributed by atoms with van der Waals surface area (Å²) < 4.78 is 5.40. The molecule has 1 fully saturated rings. The Labute approximate surface area is 220 Å². The van der Waals surface area contributed by atoms with Gasteiger partial charge in [0.2, 0.25) is 0 Å². The van der Waals surface area contributed by atoms with Crippen molar-refractivity contribution in [1.82, 2.24) is 15.4 Å². The SMILES string of the molecule is CCCCCCCCCCCCNC(=O)c1ccc(CN(O)Cc2cnc(N3CCOCC3)s2)cc1. The molecule has 3 rings (SSSR count). The fraction of sp³-hybridized carbons (Fsp3) is 0.643. The number of carbonyl (C=O) groups excluding carboxylic acids is 1. The Morgan fingerprint density at radius 1 is 1.00 bits per heavy atom. The van der Waals surface area contributed by atoms with Crippen LogP contribution in [0.3, 0.4) is 0 Å². The number of aromatic nitrogens is 1. The van der Waals surface area contributed by atoms with E-state index in [9.17, 15) is 10.0 Å². The average Bonchev–Trinajstić information content (AvgIpc) is 3.36. The molecule has 0 atom stereocenters. The molecular formula is C28H44N4O3S. The molecule has 8 heteroatoms. The Morgan fingerprint density at radius 2 is 1.64 bits per heavy atom. The largest absolute Gasteiger partial charge is 0.378 e. The van der Waals surface area contributed by atoms with Gasteiger partial charge in [0.15, 0.2) is 5.13 Å². The number of unbranched alkanes of at least 4 members (excludes halogenated alkanes) is 9. The lowest BCUT2D eigenvalue weighted by Crippen LogP contribution is -2.36. The number of ether oxygens (including phenoxy) is 1. The molecule has 1 amide bonds. The van der Waals surface area contributed by atoms with Crippen LogP contribution in [0.15, 0.2) is 30.5 Å². The average molecular weight is 517 g/mol. The summed E-state index contributed by atoms with van der Waals surface area (Å²) in [6, 6.07) is 7.48. The molecule has 1 aromatic heterocycles.